The minimum Gasteiger partial charge on any atom is -0.384 e. The lowest BCUT2D eigenvalue weighted by Gasteiger charge is -2.19. The zero-order chi connectivity index (χ0) is 11.5. The summed E-state index contributed by atoms with van der Waals surface area (Å²) in [7, 11) is 1.72. The molecule has 1 aliphatic heterocycles. The number of methoxy groups -OCH3 is 1. The summed E-state index contributed by atoms with van der Waals surface area (Å²) in [5.74, 6) is 0.846. The summed E-state index contributed by atoms with van der Waals surface area (Å²) < 4.78 is 5.31. The number of nitrogens with zero attached hydrogens (tertiary/aromatic N) is 2. The van der Waals surface area contributed by atoms with E-state index in [1.807, 2.05) is 6.07 Å². The fourth-order valence-corrected chi connectivity index (χ4v) is 1.97. The molecule has 0 amide bonds. The van der Waals surface area contributed by atoms with Crippen LogP contribution in [0.5, 0.6) is 0 Å². The number of amidine groups is 1. The summed E-state index contributed by atoms with van der Waals surface area (Å²) in [6, 6.07) is 3.62. The Balaban J connectivity index is 2.24. The number of nitrogen functional groups attached to an aromatic ring is 1. The normalized spacial score (nSPS) is 20.1. The molecule has 1 aliphatic rings. The lowest BCUT2D eigenvalue weighted by Crippen LogP contribution is -2.26. The van der Waals surface area contributed by atoms with E-state index in [0.29, 0.717) is 5.56 Å². The van der Waals surface area contributed by atoms with Crippen LogP contribution in [0.4, 0.5) is 5.82 Å². The van der Waals surface area contributed by atoms with Crippen LogP contribution in [0.3, 0.4) is 0 Å². The predicted molar refractivity (Wildman–Crippen MR) is 62.9 cm³/mol. The van der Waals surface area contributed by atoms with Gasteiger partial charge in [0.2, 0.25) is 0 Å². The van der Waals surface area contributed by atoms with Crippen LogP contribution < -0.4 is 10.6 Å². The van der Waals surface area contributed by atoms with Gasteiger partial charge in [0, 0.05) is 26.4 Å². The van der Waals surface area contributed by atoms with Gasteiger partial charge in [-0.05, 0) is 18.6 Å². The second kappa shape index (κ2) is 4.49. The van der Waals surface area contributed by atoms with Gasteiger partial charge in [-0.15, -0.1) is 0 Å². The van der Waals surface area contributed by atoms with Crippen LogP contribution in [-0.2, 0) is 4.74 Å². The Kier molecular flexibility index (Phi) is 3.05. The minimum atomic E-state index is 0.0592. The van der Waals surface area contributed by atoms with Gasteiger partial charge in [-0.3, -0.25) is 5.41 Å². The number of aromatic nitrogens is 1. The number of nitrogens with two attached hydrogens (primary N) is 1. The van der Waals surface area contributed by atoms with Crippen LogP contribution >= 0.6 is 0 Å². The average molecular weight is 220 g/mol. The van der Waals surface area contributed by atoms with E-state index in [9.17, 15) is 0 Å². The van der Waals surface area contributed by atoms with Crippen molar-refractivity contribution in [1.29, 1.82) is 5.41 Å². The first kappa shape index (κ1) is 10.9. The molecule has 0 radical (unpaired) electrons. The number of ether oxygens (including phenoxy) is 1. The lowest BCUT2D eigenvalue weighted by atomic mass is 10.2. The van der Waals surface area contributed by atoms with Gasteiger partial charge in [-0.25, -0.2) is 4.98 Å². The third-order valence-corrected chi connectivity index (χ3v) is 2.85. The molecule has 1 aromatic heterocycles. The Labute approximate surface area is 94.7 Å². The van der Waals surface area contributed by atoms with Crippen LogP contribution in [0, 0.1) is 5.41 Å². The highest BCUT2D eigenvalue weighted by Crippen LogP contribution is 2.22. The number of anilines is 1. The molecule has 1 atom stereocenters. The number of hydrogen-bond acceptors (Lipinski definition) is 4. The molecule has 1 fully saturated rings. The summed E-state index contributed by atoms with van der Waals surface area (Å²) in [4.78, 5) is 6.42. The van der Waals surface area contributed by atoms with E-state index in [1.165, 1.54) is 0 Å². The van der Waals surface area contributed by atoms with Crippen LogP contribution in [0.25, 0.3) is 0 Å². The minimum absolute atomic E-state index is 0.0592. The maximum atomic E-state index is 7.52. The smallest absolute Gasteiger partial charge is 0.139 e. The molecule has 0 spiro atoms. The quantitative estimate of drug-likeness (QED) is 0.577. The molecule has 5 nitrogen and oxygen atoms in total. The van der Waals surface area contributed by atoms with Crippen molar-refractivity contribution >= 4 is 11.7 Å². The first-order valence-corrected chi connectivity index (χ1v) is 5.29. The Morgan fingerprint density at radius 3 is 3.12 bits per heavy atom. The average Bonchev–Trinajstić information content (AvgIpc) is 2.77. The van der Waals surface area contributed by atoms with Crippen molar-refractivity contribution in [3.8, 4) is 0 Å². The standard InChI is InChI=1S/C11H16N4O/c1-16-8-4-6-15(7-8)11-9(10(12)13)3-2-5-14-11/h2-3,5,8H,4,6-7H2,1H3,(H3,12,13). The second-order valence-electron chi connectivity index (χ2n) is 3.88. The van der Waals surface area contributed by atoms with Gasteiger partial charge in [0.05, 0.1) is 11.7 Å². The van der Waals surface area contributed by atoms with Crippen molar-refractivity contribution in [3.63, 3.8) is 0 Å². The maximum absolute atomic E-state index is 7.52. The summed E-state index contributed by atoms with van der Waals surface area (Å²) in [6.45, 7) is 1.71. The third-order valence-electron chi connectivity index (χ3n) is 2.85. The van der Waals surface area contributed by atoms with Crippen molar-refractivity contribution in [3.05, 3.63) is 23.9 Å². The molecule has 0 saturated carbocycles. The maximum Gasteiger partial charge on any atom is 0.139 e. The van der Waals surface area contributed by atoms with E-state index >= 15 is 0 Å². The van der Waals surface area contributed by atoms with Gasteiger partial charge in [0.1, 0.15) is 11.7 Å². The molecule has 1 unspecified atom stereocenters. The largest absolute Gasteiger partial charge is 0.384 e. The molecule has 1 aromatic rings. The van der Waals surface area contributed by atoms with E-state index in [0.717, 1.165) is 25.3 Å². The van der Waals surface area contributed by atoms with Crippen LogP contribution in [-0.4, -0.2) is 37.1 Å². The van der Waals surface area contributed by atoms with Gasteiger partial charge in [-0.1, -0.05) is 0 Å². The van der Waals surface area contributed by atoms with Crippen LogP contribution in [0.1, 0.15) is 12.0 Å². The van der Waals surface area contributed by atoms with Gasteiger partial charge in [-0.2, -0.15) is 0 Å². The molecule has 3 N–H and O–H groups in total. The zero-order valence-electron chi connectivity index (χ0n) is 9.31. The van der Waals surface area contributed by atoms with Crippen LogP contribution in [0.15, 0.2) is 18.3 Å². The van der Waals surface area contributed by atoms with E-state index in [2.05, 4.69) is 9.88 Å². The Hall–Kier alpha value is -1.62. The number of hydrogen-bond donors (Lipinski definition) is 2. The highest BCUT2D eigenvalue weighted by Gasteiger charge is 2.25. The first-order chi connectivity index (χ1) is 7.72. The monoisotopic (exact) mass is 220 g/mol. The Morgan fingerprint density at radius 2 is 2.50 bits per heavy atom. The summed E-state index contributed by atoms with van der Waals surface area (Å²) in [5, 5.41) is 7.52. The van der Waals surface area contributed by atoms with E-state index < -0.39 is 0 Å². The zero-order valence-corrected chi connectivity index (χ0v) is 9.31. The first-order valence-electron chi connectivity index (χ1n) is 5.29. The van der Waals surface area contributed by atoms with Crippen molar-refractivity contribution < 1.29 is 4.74 Å². The Bertz CT molecular complexity index is 393. The van der Waals surface area contributed by atoms with Crippen molar-refractivity contribution in [2.75, 3.05) is 25.1 Å². The summed E-state index contributed by atoms with van der Waals surface area (Å²) >= 11 is 0. The van der Waals surface area contributed by atoms with E-state index in [4.69, 9.17) is 15.9 Å². The molecule has 1 saturated heterocycles. The molecule has 2 heterocycles. The van der Waals surface area contributed by atoms with E-state index in [-0.39, 0.29) is 11.9 Å². The topological polar surface area (TPSA) is 75.2 Å². The molecular formula is C11H16N4O. The predicted octanol–water partition coefficient (Wildman–Crippen LogP) is 0.591. The van der Waals surface area contributed by atoms with Crippen LogP contribution in [0.2, 0.25) is 0 Å². The molecule has 86 valence electrons. The fraction of sp³-hybridized carbons (Fsp3) is 0.455. The third kappa shape index (κ3) is 1.99. The molecule has 2 rings (SSSR count). The SMILES string of the molecule is COC1CCN(c2ncccc2C(=N)N)C1. The number of rotatable bonds is 3. The molecule has 0 bridgehead atoms. The highest BCUT2D eigenvalue weighted by atomic mass is 16.5. The molecule has 16 heavy (non-hydrogen) atoms. The van der Waals surface area contributed by atoms with Gasteiger partial charge < -0.3 is 15.4 Å². The lowest BCUT2D eigenvalue weighted by molar-refractivity contribution is 0.121. The molecular weight excluding hydrogens is 204 g/mol. The number of nitrogens with one attached hydrogen (secondary N) is 1. The molecule has 0 aliphatic carbocycles. The summed E-state index contributed by atoms with van der Waals surface area (Å²) in [6.07, 6.45) is 2.97. The second-order valence-corrected chi connectivity index (χ2v) is 3.88. The summed E-state index contributed by atoms with van der Waals surface area (Å²) in [5.41, 5.74) is 6.23. The Morgan fingerprint density at radius 1 is 1.69 bits per heavy atom. The van der Waals surface area contributed by atoms with Crippen molar-refractivity contribution in [2.45, 2.75) is 12.5 Å². The number of pyridine rings is 1. The van der Waals surface area contributed by atoms with Crippen molar-refractivity contribution in [1.82, 2.24) is 4.98 Å². The van der Waals surface area contributed by atoms with E-state index in [1.54, 1.807) is 19.4 Å². The van der Waals surface area contributed by atoms with Gasteiger partial charge in [0.15, 0.2) is 0 Å². The van der Waals surface area contributed by atoms with Crippen molar-refractivity contribution in [2.24, 2.45) is 5.73 Å². The molecule has 5 heteroatoms. The highest BCUT2D eigenvalue weighted by molar-refractivity contribution is 5.99. The molecule has 0 aromatic carbocycles. The fourth-order valence-electron chi connectivity index (χ4n) is 1.97. The van der Waals surface area contributed by atoms with Gasteiger partial charge in [0.25, 0.3) is 0 Å². The van der Waals surface area contributed by atoms with Gasteiger partial charge >= 0.3 is 0 Å².